The summed E-state index contributed by atoms with van der Waals surface area (Å²) in [4.78, 5) is 14.9. The molecule has 0 aliphatic rings. The number of nitrogens with zero attached hydrogens (tertiary/aromatic N) is 3. The number of aliphatic imine (C=N–C) groups is 1. The van der Waals surface area contributed by atoms with Crippen LogP contribution in [0.5, 0.6) is 0 Å². The van der Waals surface area contributed by atoms with Crippen LogP contribution in [0.4, 0.5) is 11.4 Å². The van der Waals surface area contributed by atoms with Crippen molar-refractivity contribution in [1.29, 1.82) is 0 Å². The number of aryl methyl sites for hydroxylation is 2. The van der Waals surface area contributed by atoms with E-state index in [0.29, 0.717) is 5.69 Å². The highest BCUT2D eigenvalue weighted by Crippen LogP contribution is 2.29. The van der Waals surface area contributed by atoms with Crippen molar-refractivity contribution < 1.29 is 4.92 Å². The number of hydrogen-bond donors (Lipinski definition) is 0. The molecule has 0 unspecified atom stereocenters. The Morgan fingerprint density at radius 2 is 1.85 bits per heavy atom. The molecule has 0 saturated heterocycles. The molecule has 3 rings (SSSR count). The van der Waals surface area contributed by atoms with Gasteiger partial charge in [-0.05, 0) is 56.2 Å². The van der Waals surface area contributed by atoms with Crippen molar-refractivity contribution in [3.8, 4) is 5.69 Å². The standard InChI is InChI=1S/C21H20ClN3O2/c1-4-16-5-8-19(9-6-16)24-14(2)11-17(15(24)3)13-23-18-7-10-20(22)21(12-18)25(26)27/h5-13H,4H2,1-3H3. The van der Waals surface area contributed by atoms with E-state index in [9.17, 15) is 10.1 Å². The van der Waals surface area contributed by atoms with Crippen LogP contribution in [0.1, 0.15) is 29.4 Å². The van der Waals surface area contributed by atoms with Crippen LogP contribution in [0, 0.1) is 24.0 Å². The monoisotopic (exact) mass is 381 g/mol. The minimum atomic E-state index is -0.507. The zero-order chi connectivity index (χ0) is 19.6. The van der Waals surface area contributed by atoms with E-state index in [1.165, 1.54) is 17.7 Å². The lowest BCUT2D eigenvalue weighted by molar-refractivity contribution is -0.384. The molecule has 6 heteroatoms. The first-order valence-electron chi connectivity index (χ1n) is 8.67. The fraction of sp³-hybridized carbons (Fsp3) is 0.190. The molecule has 0 fully saturated rings. The molecule has 5 nitrogen and oxygen atoms in total. The van der Waals surface area contributed by atoms with Crippen molar-refractivity contribution in [3.05, 3.63) is 86.2 Å². The molecule has 0 atom stereocenters. The van der Waals surface area contributed by atoms with Crippen LogP contribution in [0.2, 0.25) is 5.02 Å². The molecule has 0 radical (unpaired) electrons. The van der Waals surface area contributed by atoms with Crippen molar-refractivity contribution in [2.75, 3.05) is 0 Å². The largest absolute Gasteiger partial charge is 0.318 e. The molecule has 1 heterocycles. The fourth-order valence-electron chi connectivity index (χ4n) is 3.06. The summed E-state index contributed by atoms with van der Waals surface area (Å²) in [5.41, 5.74) is 5.86. The number of rotatable bonds is 5. The summed E-state index contributed by atoms with van der Waals surface area (Å²) in [6.45, 7) is 6.22. The molecule has 1 aromatic heterocycles. The topological polar surface area (TPSA) is 60.4 Å². The van der Waals surface area contributed by atoms with Gasteiger partial charge in [0.2, 0.25) is 0 Å². The Hall–Kier alpha value is -2.92. The van der Waals surface area contributed by atoms with Gasteiger partial charge in [0, 0.05) is 34.9 Å². The molecule has 0 amide bonds. The summed E-state index contributed by atoms with van der Waals surface area (Å²) < 4.78 is 2.17. The second kappa shape index (κ2) is 7.76. The maximum absolute atomic E-state index is 11.0. The first-order chi connectivity index (χ1) is 12.9. The van der Waals surface area contributed by atoms with E-state index in [4.69, 9.17) is 11.6 Å². The Labute approximate surface area is 163 Å². The van der Waals surface area contributed by atoms with Crippen LogP contribution in [-0.2, 0) is 6.42 Å². The summed E-state index contributed by atoms with van der Waals surface area (Å²) in [6.07, 6.45) is 2.74. The number of nitro benzene ring substituents is 1. The highest BCUT2D eigenvalue weighted by atomic mass is 35.5. The van der Waals surface area contributed by atoms with Gasteiger partial charge in [-0.1, -0.05) is 30.7 Å². The van der Waals surface area contributed by atoms with Crippen LogP contribution in [0.25, 0.3) is 5.69 Å². The van der Waals surface area contributed by atoms with E-state index >= 15 is 0 Å². The SMILES string of the molecule is CCc1ccc(-n2c(C)cc(C=Nc3ccc(Cl)c([N+](=O)[O-])c3)c2C)cc1. The maximum atomic E-state index is 11.0. The molecule has 0 aliphatic heterocycles. The number of halogens is 1. The highest BCUT2D eigenvalue weighted by Gasteiger charge is 2.13. The number of aromatic nitrogens is 1. The van der Waals surface area contributed by atoms with E-state index in [0.717, 1.165) is 29.1 Å². The van der Waals surface area contributed by atoms with Gasteiger partial charge in [-0.15, -0.1) is 0 Å². The van der Waals surface area contributed by atoms with Gasteiger partial charge in [-0.25, -0.2) is 0 Å². The third kappa shape index (κ3) is 3.93. The van der Waals surface area contributed by atoms with Crippen LogP contribution < -0.4 is 0 Å². The summed E-state index contributed by atoms with van der Waals surface area (Å²) >= 11 is 5.85. The third-order valence-electron chi connectivity index (χ3n) is 4.55. The third-order valence-corrected chi connectivity index (χ3v) is 4.87. The van der Waals surface area contributed by atoms with Crippen LogP contribution in [-0.4, -0.2) is 15.7 Å². The number of hydrogen-bond acceptors (Lipinski definition) is 3. The lowest BCUT2D eigenvalue weighted by atomic mass is 10.1. The molecular formula is C21H20ClN3O2. The normalized spacial score (nSPS) is 11.3. The van der Waals surface area contributed by atoms with Crippen molar-refractivity contribution in [3.63, 3.8) is 0 Å². The summed E-state index contributed by atoms with van der Waals surface area (Å²) in [5.74, 6) is 0. The van der Waals surface area contributed by atoms with Gasteiger partial charge in [0.15, 0.2) is 0 Å². The molecule has 2 aromatic carbocycles. The Bertz CT molecular complexity index is 1020. The lowest BCUT2D eigenvalue weighted by Crippen LogP contribution is -1.99. The molecule has 0 N–H and O–H groups in total. The van der Waals surface area contributed by atoms with Gasteiger partial charge in [0.1, 0.15) is 5.02 Å². The predicted octanol–water partition coefficient (Wildman–Crippen LogP) is 5.97. The first kappa shape index (κ1) is 18.9. The van der Waals surface area contributed by atoms with E-state index in [1.807, 2.05) is 13.8 Å². The maximum Gasteiger partial charge on any atom is 0.290 e. The molecule has 27 heavy (non-hydrogen) atoms. The van der Waals surface area contributed by atoms with Crippen molar-refractivity contribution in [2.45, 2.75) is 27.2 Å². The van der Waals surface area contributed by atoms with Crippen molar-refractivity contribution in [2.24, 2.45) is 4.99 Å². The average molecular weight is 382 g/mol. The second-order valence-corrected chi connectivity index (χ2v) is 6.74. The van der Waals surface area contributed by atoms with Gasteiger partial charge in [-0.2, -0.15) is 0 Å². The summed E-state index contributed by atoms with van der Waals surface area (Å²) in [7, 11) is 0. The van der Waals surface area contributed by atoms with Gasteiger partial charge >= 0.3 is 0 Å². The fourth-order valence-corrected chi connectivity index (χ4v) is 3.25. The number of benzene rings is 2. The number of nitro groups is 1. The smallest absolute Gasteiger partial charge is 0.290 e. The average Bonchev–Trinajstić information content (AvgIpc) is 2.94. The van der Waals surface area contributed by atoms with E-state index in [1.54, 1.807) is 12.3 Å². The summed E-state index contributed by atoms with van der Waals surface area (Å²) in [5, 5.41) is 11.1. The van der Waals surface area contributed by atoms with Crippen LogP contribution >= 0.6 is 11.6 Å². The molecule has 0 spiro atoms. The minimum Gasteiger partial charge on any atom is -0.318 e. The van der Waals surface area contributed by atoms with Crippen LogP contribution in [0.3, 0.4) is 0 Å². The van der Waals surface area contributed by atoms with Gasteiger partial charge < -0.3 is 4.57 Å². The zero-order valence-electron chi connectivity index (χ0n) is 15.4. The Morgan fingerprint density at radius 3 is 2.48 bits per heavy atom. The van der Waals surface area contributed by atoms with Crippen LogP contribution in [0.15, 0.2) is 53.5 Å². The predicted molar refractivity (Wildman–Crippen MR) is 110 cm³/mol. The van der Waals surface area contributed by atoms with E-state index < -0.39 is 4.92 Å². The van der Waals surface area contributed by atoms with Crippen molar-refractivity contribution >= 4 is 29.2 Å². The molecule has 0 bridgehead atoms. The summed E-state index contributed by atoms with van der Waals surface area (Å²) in [6, 6.07) is 15.1. The lowest BCUT2D eigenvalue weighted by Gasteiger charge is -2.10. The molecule has 138 valence electrons. The van der Waals surface area contributed by atoms with E-state index in [2.05, 4.69) is 46.8 Å². The van der Waals surface area contributed by atoms with E-state index in [-0.39, 0.29) is 10.7 Å². The Morgan fingerprint density at radius 1 is 1.15 bits per heavy atom. The van der Waals surface area contributed by atoms with Gasteiger partial charge in [-0.3, -0.25) is 15.1 Å². The molecule has 0 saturated carbocycles. The first-order valence-corrected chi connectivity index (χ1v) is 9.04. The van der Waals surface area contributed by atoms with Gasteiger partial charge in [0.25, 0.3) is 5.69 Å². The Kier molecular flexibility index (Phi) is 5.42. The second-order valence-electron chi connectivity index (χ2n) is 6.33. The highest BCUT2D eigenvalue weighted by molar-refractivity contribution is 6.32. The molecule has 3 aromatic rings. The minimum absolute atomic E-state index is 0.104. The van der Waals surface area contributed by atoms with Crippen molar-refractivity contribution in [1.82, 2.24) is 4.57 Å². The molecular weight excluding hydrogens is 362 g/mol. The van der Waals surface area contributed by atoms with Gasteiger partial charge in [0.05, 0.1) is 10.6 Å². The zero-order valence-corrected chi connectivity index (χ0v) is 16.2. The quantitative estimate of drug-likeness (QED) is 0.310. The molecule has 0 aliphatic carbocycles. The Balaban J connectivity index is 1.93.